The summed E-state index contributed by atoms with van der Waals surface area (Å²) in [4.78, 5) is 12.6. The molecule has 0 spiro atoms. The fourth-order valence-electron chi connectivity index (χ4n) is 1.93. The molecule has 1 aromatic heterocycles. The van der Waals surface area contributed by atoms with Crippen LogP contribution in [-0.4, -0.2) is 16.1 Å². The lowest BCUT2D eigenvalue weighted by Gasteiger charge is -2.04. The lowest BCUT2D eigenvalue weighted by Crippen LogP contribution is -2.07. The Balaban J connectivity index is 2.97. The monoisotopic (exact) mass is 293 g/mol. The first kappa shape index (κ1) is 13.7. The van der Waals surface area contributed by atoms with E-state index in [0.717, 1.165) is 6.92 Å². The molecule has 3 nitrogen and oxygen atoms in total. The van der Waals surface area contributed by atoms with Crippen LogP contribution in [0.15, 0.2) is 11.0 Å². The summed E-state index contributed by atoms with van der Waals surface area (Å²) in [6.07, 6.45) is -4.68. The fourth-order valence-corrected chi connectivity index (χ4v) is 2.27. The van der Waals surface area contributed by atoms with Crippen molar-refractivity contribution < 1.29 is 27.5 Å². The number of nitrogens with one attached hydrogen (secondary N) is 1. The van der Waals surface area contributed by atoms with Crippen LogP contribution in [-0.2, 0) is 6.18 Å². The third-order valence-corrected chi connectivity index (χ3v) is 3.20. The molecule has 2 rings (SSSR count). The zero-order chi connectivity index (χ0) is 14.5. The van der Waals surface area contributed by atoms with E-state index in [1.807, 2.05) is 4.98 Å². The Morgan fingerprint density at radius 1 is 1.42 bits per heavy atom. The van der Waals surface area contributed by atoms with Gasteiger partial charge >= 0.3 is 12.1 Å². The Morgan fingerprint density at radius 2 is 2.00 bits per heavy atom. The number of carboxylic acids is 1. The molecule has 1 heterocycles. The smallest absolute Gasteiger partial charge is 0.431 e. The average Bonchev–Trinajstić information content (AvgIpc) is 2.61. The van der Waals surface area contributed by atoms with Gasteiger partial charge < -0.3 is 10.1 Å². The second-order valence-electron chi connectivity index (χ2n) is 3.93. The van der Waals surface area contributed by atoms with Gasteiger partial charge in [0.1, 0.15) is 11.5 Å². The van der Waals surface area contributed by atoms with Crippen molar-refractivity contribution in [3.05, 3.63) is 28.7 Å². The van der Waals surface area contributed by atoms with Crippen LogP contribution in [0.25, 0.3) is 10.9 Å². The molecule has 102 valence electrons. The molecule has 0 aliphatic carbocycles. The molecule has 0 aliphatic heterocycles. The largest absolute Gasteiger partial charge is 0.478 e. The number of H-pyrrole nitrogens is 1. The van der Waals surface area contributed by atoms with Gasteiger partial charge in [-0.15, -0.1) is 12.6 Å². The van der Waals surface area contributed by atoms with Crippen molar-refractivity contribution in [2.24, 2.45) is 0 Å². The second-order valence-corrected chi connectivity index (χ2v) is 4.38. The van der Waals surface area contributed by atoms with E-state index in [0.29, 0.717) is 6.07 Å². The zero-order valence-corrected chi connectivity index (χ0v) is 10.3. The number of benzene rings is 1. The SMILES string of the molecule is Cc1c(C(F)(F)F)[nH]c2c(C(=O)O)cc(F)c(S)c12. The molecule has 0 radical (unpaired) electrons. The van der Waals surface area contributed by atoms with E-state index < -0.39 is 29.2 Å². The van der Waals surface area contributed by atoms with Crippen LogP contribution in [0.2, 0.25) is 0 Å². The second kappa shape index (κ2) is 4.16. The molecular formula is C11H7F4NO2S. The molecule has 0 fully saturated rings. The fraction of sp³-hybridized carbons (Fsp3) is 0.182. The molecule has 0 bridgehead atoms. The van der Waals surface area contributed by atoms with Gasteiger partial charge in [-0.05, 0) is 18.6 Å². The van der Waals surface area contributed by atoms with Gasteiger partial charge in [0.15, 0.2) is 0 Å². The number of aromatic nitrogens is 1. The summed E-state index contributed by atoms with van der Waals surface area (Å²) in [7, 11) is 0. The van der Waals surface area contributed by atoms with E-state index in [1.165, 1.54) is 0 Å². The highest BCUT2D eigenvalue weighted by Gasteiger charge is 2.36. The van der Waals surface area contributed by atoms with E-state index in [4.69, 9.17) is 5.11 Å². The lowest BCUT2D eigenvalue weighted by atomic mass is 10.1. The van der Waals surface area contributed by atoms with Crippen LogP contribution < -0.4 is 0 Å². The standard InChI is InChI=1S/C11H7F4NO2S/c1-3-6-7(16-9(3)11(13,14)15)4(10(17)18)2-5(12)8(6)19/h2,16,19H,1H3,(H,17,18). The number of alkyl halides is 3. The van der Waals surface area contributed by atoms with Crippen molar-refractivity contribution in [1.29, 1.82) is 0 Å². The minimum absolute atomic E-state index is 0.173. The van der Waals surface area contributed by atoms with Crippen LogP contribution in [0.1, 0.15) is 21.6 Å². The molecule has 2 N–H and O–H groups in total. The predicted molar refractivity (Wildman–Crippen MR) is 62.2 cm³/mol. The number of fused-ring (bicyclic) bond motifs is 1. The van der Waals surface area contributed by atoms with Gasteiger partial charge in [-0.2, -0.15) is 13.2 Å². The summed E-state index contributed by atoms with van der Waals surface area (Å²) in [5.74, 6) is -2.50. The van der Waals surface area contributed by atoms with E-state index in [9.17, 15) is 22.4 Å². The Kier molecular flexibility index (Phi) is 3.00. The topological polar surface area (TPSA) is 53.1 Å². The predicted octanol–water partition coefficient (Wildman–Crippen LogP) is 3.62. The van der Waals surface area contributed by atoms with Crippen molar-refractivity contribution >= 4 is 29.5 Å². The molecule has 0 unspecified atom stereocenters. The van der Waals surface area contributed by atoms with Crippen LogP contribution in [0, 0.1) is 12.7 Å². The Bertz CT molecular complexity index is 690. The highest BCUT2D eigenvalue weighted by Crippen LogP contribution is 2.39. The van der Waals surface area contributed by atoms with Gasteiger partial charge in [0.2, 0.25) is 0 Å². The number of hydrogen-bond acceptors (Lipinski definition) is 2. The summed E-state index contributed by atoms with van der Waals surface area (Å²) in [6, 6.07) is 0.642. The summed E-state index contributed by atoms with van der Waals surface area (Å²) >= 11 is 3.80. The van der Waals surface area contributed by atoms with Crippen LogP contribution in [0.3, 0.4) is 0 Å². The molecule has 0 aliphatic rings. The number of aryl methyl sites for hydroxylation is 1. The summed E-state index contributed by atoms with van der Waals surface area (Å²) in [5.41, 5.74) is -2.24. The Morgan fingerprint density at radius 3 is 2.47 bits per heavy atom. The van der Waals surface area contributed by atoms with Gasteiger partial charge in [0, 0.05) is 10.3 Å². The van der Waals surface area contributed by atoms with Crippen molar-refractivity contribution in [1.82, 2.24) is 4.98 Å². The summed E-state index contributed by atoms with van der Waals surface area (Å²) in [5, 5.41) is 8.74. The first-order valence-corrected chi connectivity index (χ1v) is 5.43. The van der Waals surface area contributed by atoms with Gasteiger partial charge in [-0.25, -0.2) is 9.18 Å². The van der Waals surface area contributed by atoms with Crippen LogP contribution in [0.4, 0.5) is 17.6 Å². The molecule has 0 atom stereocenters. The quantitative estimate of drug-likeness (QED) is 0.555. The van der Waals surface area contributed by atoms with E-state index in [2.05, 4.69) is 12.6 Å². The number of thiol groups is 1. The Labute approximate surface area is 109 Å². The number of aromatic amines is 1. The van der Waals surface area contributed by atoms with E-state index >= 15 is 0 Å². The first-order valence-electron chi connectivity index (χ1n) is 4.98. The van der Waals surface area contributed by atoms with Gasteiger partial charge in [-0.3, -0.25) is 0 Å². The molecule has 0 saturated carbocycles. The van der Waals surface area contributed by atoms with Gasteiger partial charge in [0.05, 0.1) is 11.1 Å². The molecule has 0 saturated heterocycles. The average molecular weight is 293 g/mol. The minimum Gasteiger partial charge on any atom is -0.478 e. The molecular weight excluding hydrogens is 286 g/mol. The highest BCUT2D eigenvalue weighted by molar-refractivity contribution is 7.80. The number of aromatic carboxylic acids is 1. The molecule has 0 amide bonds. The number of carboxylic acid groups (broad SMARTS) is 1. The lowest BCUT2D eigenvalue weighted by molar-refractivity contribution is -0.141. The van der Waals surface area contributed by atoms with Crippen molar-refractivity contribution in [2.45, 2.75) is 18.0 Å². The maximum atomic E-state index is 13.5. The molecule has 19 heavy (non-hydrogen) atoms. The number of rotatable bonds is 1. The summed E-state index contributed by atoms with van der Waals surface area (Å²) < 4.78 is 51.8. The van der Waals surface area contributed by atoms with Crippen molar-refractivity contribution in [2.75, 3.05) is 0 Å². The summed E-state index contributed by atoms with van der Waals surface area (Å²) in [6.45, 7) is 1.13. The molecule has 8 heteroatoms. The molecule has 2 aromatic rings. The van der Waals surface area contributed by atoms with Crippen LogP contribution in [0.5, 0.6) is 0 Å². The van der Waals surface area contributed by atoms with E-state index in [1.54, 1.807) is 0 Å². The highest BCUT2D eigenvalue weighted by atomic mass is 32.1. The molecule has 1 aromatic carbocycles. The van der Waals surface area contributed by atoms with Gasteiger partial charge in [-0.1, -0.05) is 0 Å². The third-order valence-electron chi connectivity index (χ3n) is 2.77. The van der Waals surface area contributed by atoms with Crippen molar-refractivity contribution in [3.8, 4) is 0 Å². The number of hydrogen-bond donors (Lipinski definition) is 3. The number of carbonyl (C=O) groups is 1. The third kappa shape index (κ3) is 2.05. The first-order chi connectivity index (χ1) is 8.64. The maximum absolute atomic E-state index is 13.5. The van der Waals surface area contributed by atoms with Gasteiger partial charge in [0.25, 0.3) is 0 Å². The van der Waals surface area contributed by atoms with E-state index in [-0.39, 0.29) is 21.4 Å². The zero-order valence-electron chi connectivity index (χ0n) is 9.39. The normalized spacial score (nSPS) is 12.1. The van der Waals surface area contributed by atoms with Crippen molar-refractivity contribution in [3.63, 3.8) is 0 Å². The van der Waals surface area contributed by atoms with Crippen LogP contribution >= 0.6 is 12.6 Å². The number of halogens is 4. The maximum Gasteiger partial charge on any atom is 0.431 e. The minimum atomic E-state index is -4.68. The Hall–Kier alpha value is -1.70.